The van der Waals surface area contributed by atoms with E-state index in [0.717, 1.165) is 50.8 Å². The molecule has 3 aromatic heterocycles. The molecule has 0 fully saturated rings. The van der Waals surface area contributed by atoms with E-state index in [2.05, 4.69) is 33.5 Å². The van der Waals surface area contributed by atoms with Gasteiger partial charge in [0.25, 0.3) is 5.91 Å². The lowest BCUT2D eigenvalue weighted by molar-refractivity contribution is 0.0949. The number of rotatable bonds is 6. The predicted octanol–water partition coefficient (Wildman–Crippen LogP) is 5.85. The number of hydrogen-bond acceptors (Lipinski definition) is 3. The third-order valence-electron chi connectivity index (χ3n) is 6.45. The Labute approximate surface area is 202 Å². The van der Waals surface area contributed by atoms with Crippen molar-refractivity contribution in [3.63, 3.8) is 0 Å². The van der Waals surface area contributed by atoms with Crippen LogP contribution in [0.25, 0.3) is 44.0 Å². The molecule has 3 aromatic carbocycles. The third kappa shape index (κ3) is 3.79. The second-order valence-electron chi connectivity index (χ2n) is 8.54. The fourth-order valence-electron chi connectivity index (χ4n) is 4.66. The predicted molar refractivity (Wildman–Crippen MR) is 140 cm³/mol. The van der Waals surface area contributed by atoms with E-state index >= 15 is 0 Å². The van der Waals surface area contributed by atoms with Gasteiger partial charge in [-0.05, 0) is 54.4 Å². The number of amides is 1. The Hall–Kier alpha value is -4.58. The van der Waals surface area contributed by atoms with E-state index in [0.29, 0.717) is 12.2 Å². The van der Waals surface area contributed by atoms with Gasteiger partial charge < -0.3 is 20.0 Å². The van der Waals surface area contributed by atoms with Gasteiger partial charge in [0, 0.05) is 45.5 Å². The average Bonchev–Trinajstić information content (AvgIpc) is 3.49. The Kier molecular flexibility index (Phi) is 5.19. The minimum absolute atomic E-state index is 0.188. The first-order valence-electron chi connectivity index (χ1n) is 11.6. The van der Waals surface area contributed by atoms with E-state index in [4.69, 9.17) is 9.72 Å². The number of fused-ring (bicyclic) bond motifs is 4. The molecular formula is C29H24N4O2. The number of methoxy groups -OCH3 is 1. The van der Waals surface area contributed by atoms with Crippen LogP contribution in [0.15, 0.2) is 85.1 Å². The highest BCUT2D eigenvalue weighted by molar-refractivity contribution is 6.13. The van der Waals surface area contributed by atoms with Crippen molar-refractivity contribution in [2.45, 2.75) is 6.42 Å². The quantitative estimate of drug-likeness (QED) is 0.292. The molecule has 6 nitrogen and oxygen atoms in total. The summed E-state index contributed by atoms with van der Waals surface area (Å²) in [6.45, 7) is 0.520. The molecule has 6 aromatic rings. The SMILES string of the molecule is COc1ccc(-c2nc(C(=O)NCCc3c[nH]c4ccccc34)cc3c2[nH]c2ccccc23)cc1. The Balaban J connectivity index is 1.34. The first-order chi connectivity index (χ1) is 17.2. The molecule has 0 unspecified atom stereocenters. The Bertz CT molecular complexity index is 1680. The van der Waals surface area contributed by atoms with Crippen LogP contribution in [0.2, 0.25) is 0 Å². The molecule has 0 saturated heterocycles. The normalized spacial score (nSPS) is 11.3. The van der Waals surface area contributed by atoms with E-state index in [1.165, 1.54) is 10.9 Å². The van der Waals surface area contributed by atoms with Gasteiger partial charge in [0.1, 0.15) is 11.4 Å². The van der Waals surface area contributed by atoms with Crippen LogP contribution >= 0.6 is 0 Å². The molecule has 172 valence electrons. The number of H-pyrrole nitrogens is 2. The second kappa shape index (κ2) is 8.65. The van der Waals surface area contributed by atoms with Gasteiger partial charge in [-0.1, -0.05) is 36.4 Å². The molecule has 0 spiro atoms. The number of carbonyl (C=O) groups is 1. The van der Waals surface area contributed by atoms with Crippen LogP contribution in [0.3, 0.4) is 0 Å². The molecule has 0 aliphatic heterocycles. The summed E-state index contributed by atoms with van der Waals surface area (Å²) in [5, 5.41) is 6.28. The number of pyridine rings is 1. The molecule has 1 amide bonds. The first-order valence-corrected chi connectivity index (χ1v) is 11.6. The van der Waals surface area contributed by atoms with Crippen molar-refractivity contribution in [2.24, 2.45) is 0 Å². The summed E-state index contributed by atoms with van der Waals surface area (Å²) in [6, 6.07) is 25.9. The fourth-order valence-corrected chi connectivity index (χ4v) is 4.66. The summed E-state index contributed by atoms with van der Waals surface area (Å²) in [5.41, 5.74) is 6.25. The van der Waals surface area contributed by atoms with Gasteiger partial charge in [0.05, 0.1) is 18.3 Å². The van der Waals surface area contributed by atoms with Gasteiger partial charge in [0.15, 0.2) is 0 Å². The Morgan fingerprint density at radius 1 is 0.914 bits per heavy atom. The van der Waals surface area contributed by atoms with Crippen molar-refractivity contribution in [2.75, 3.05) is 13.7 Å². The van der Waals surface area contributed by atoms with Gasteiger partial charge in [-0.15, -0.1) is 0 Å². The first kappa shape index (κ1) is 21.0. The number of benzene rings is 3. The molecule has 0 radical (unpaired) electrons. The number of ether oxygens (including phenoxy) is 1. The fraction of sp³-hybridized carbons (Fsp3) is 0.103. The monoisotopic (exact) mass is 460 g/mol. The lowest BCUT2D eigenvalue weighted by Gasteiger charge is -2.09. The van der Waals surface area contributed by atoms with E-state index in [-0.39, 0.29) is 5.91 Å². The van der Waals surface area contributed by atoms with Crippen LogP contribution < -0.4 is 10.1 Å². The molecule has 0 aliphatic carbocycles. The number of aromatic amines is 2. The summed E-state index contributed by atoms with van der Waals surface area (Å²) in [5.74, 6) is 0.583. The summed E-state index contributed by atoms with van der Waals surface area (Å²) in [6.07, 6.45) is 2.74. The van der Waals surface area contributed by atoms with Crippen LogP contribution in [0.1, 0.15) is 16.1 Å². The van der Waals surface area contributed by atoms with Crippen molar-refractivity contribution < 1.29 is 9.53 Å². The van der Waals surface area contributed by atoms with E-state index in [1.54, 1.807) is 7.11 Å². The van der Waals surface area contributed by atoms with E-state index in [9.17, 15) is 4.79 Å². The molecule has 3 N–H and O–H groups in total. The van der Waals surface area contributed by atoms with E-state index in [1.807, 2.05) is 66.9 Å². The number of hydrogen-bond donors (Lipinski definition) is 3. The Morgan fingerprint density at radius 2 is 1.66 bits per heavy atom. The van der Waals surface area contributed by atoms with Gasteiger partial charge in [-0.2, -0.15) is 0 Å². The number of para-hydroxylation sites is 2. The average molecular weight is 461 g/mol. The topological polar surface area (TPSA) is 82.8 Å². The summed E-state index contributed by atoms with van der Waals surface area (Å²) in [4.78, 5) is 24.8. The van der Waals surface area contributed by atoms with Crippen LogP contribution in [-0.4, -0.2) is 34.5 Å². The minimum Gasteiger partial charge on any atom is -0.497 e. The molecule has 6 rings (SSSR count). The van der Waals surface area contributed by atoms with Crippen LogP contribution in [0, 0.1) is 0 Å². The molecule has 0 saturated carbocycles. The van der Waals surface area contributed by atoms with E-state index < -0.39 is 0 Å². The number of aromatic nitrogens is 3. The van der Waals surface area contributed by atoms with Gasteiger partial charge in [0.2, 0.25) is 0 Å². The minimum atomic E-state index is -0.188. The van der Waals surface area contributed by atoms with Crippen molar-refractivity contribution in [3.8, 4) is 17.0 Å². The highest BCUT2D eigenvalue weighted by Crippen LogP contribution is 2.33. The number of nitrogens with one attached hydrogen (secondary N) is 3. The van der Waals surface area contributed by atoms with Crippen LogP contribution in [0.5, 0.6) is 5.75 Å². The smallest absolute Gasteiger partial charge is 0.269 e. The van der Waals surface area contributed by atoms with Gasteiger partial charge in [-0.25, -0.2) is 4.98 Å². The summed E-state index contributed by atoms with van der Waals surface area (Å²) < 4.78 is 5.31. The zero-order chi connectivity index (χ0) is 23.8. The highest BCUT2D eigenvalue weighted by Gasteiger charge is 2.17. The van der Waals surface area contributed by atoms with Crippen molar-refractivity contribution >= 4 is 38.6 Å². The molecule has 6 heteroatoms. The molecular weight excluding hydrogens is 436 g/mol. The molecule has 35 heavy (non-hydrogen) atoms. The highest BCUT2D eigenvalue weighted by atomic mass is 16.5. The third-order valence-corrected chi connectivity index (χ3v) is 6.45. The Morgan fingerprint density at radius 3 is 2.46 bits per heavy atom. The van der Waals surface area contributed by atoms with Crippen LogP contribution in [0.4, 0.5) is 0 Å². The summed E-state index contributed by atoms with van der Waals surface area (Å²) >= 11 is 0. The van der Waals surface area contributed by atoms with Crippen molar-refractivity contribution in [1.29, 1.82) is 0 Å². The van der Waals surface area contributed by atoms with Crippen LogP contribution in [-0.2, 0) is 6.42 Å². The zero-order valence-corrected chi connectivity index (χ0v) is 19.3. The maximum absolute atomic E-state index is 13.2. The molecule has 0 bridgehead atoms. The standard InChI is InChI=1S/C29H24N4O2/c1-35-20-12-10-18(11-13-20)27-28-23(22-7-3-5-9-25(22)32-28)16-26(33-27)29(34)30-15-14-19-17-31-24-8-4-2-6-21(19)24/h2-13,16-17,31-32H,14-15H2,1H3,(H,30,34). The maximum atomic E-state index is 13.2. The lowest BCUT2D eigenvalue weighted by atomic mass is 10.1. The lowest BCUT2D eigenvalue weighted by Crippen LogP contribution is -2.26. The van der Waals surface area contributed by atoms with Gasteiger partial charge in [-0.3, -0.25) is 4.79 Å². The molecule has 0 aliphatic rings. The van der Waals surface area contributed by atoms with Crippen molar-refractivity contribution in [1.82, 2.24) is 20.3 Å². The second-order valence-corrected chi connectivity index (χ2v) is 8.54. The number of nitrogens with zero attached hydrogens (tertiary/aromatic N) is 1. The summed E-state index contributed by atoms with van der Waals surface area (Å²) in [7, 11) is 1.64. The largest absolute Gasteiger partial charge is 0.497 e. The number of carbonyl (C=O) groups excluding carboxylic acids is 1. The van der Waals surface area contributed by atoms with Gasteiger partial charge >= 0.3 is 0 Å². The van der Waals surface area contributed by atoms with Crippen molar-refractivity contribution in [3.05, 3.63) is 96.3 Å². The zero-order valence-electron chi connectivity index (χ0n) is 19.3. The molecule has 3 heterocycles. The maximum Gasteiger partial charge on any atom is 0.269 e. The molecule has 0 atom stereocenters.